The van der Waals surface area contributed by atoms with E-state index in [0.717, 1.165) is 16.1 Å². The van der Waals surface area contributed by atoms with Gasteiger partial charge in [0.25, 0.3) is 5.91 Å². The summed E-state index contributed by atoms with van der Waals surface area (Å²) in [4.78, 5) is 29.9. The first-order valence-electron chi connectivity index (χ1n) is 7.04. The van der Waals surface area contributed by atoms with Crippen molar-refractivity contribution in [3.8, 4) is 10.6 Å². The zero-order valence-corrected chi connectivity index (χ0v) is 15.2. The van der Waals surface area contributed by atoms with Crippen LogP contribution in [0.3, 0.4) is 0 Å². The van der Waals surface area contributed by atoms with Crippen molar-refractivity contribution in [2.45, 2.75) is 6.54 Å². The molecule has 0 bridgehead atoms. The summed E-state index contributed by atoms with van der Waals surface area (Å²) in [5.41, 5.74) is 2.27. The molecule has 0 radical (unpaired) electrons. The molecule has 8 heteroatoms. The SMILES string of the molecule is CN(Cc1ccsc1)C(=O)COC(=O)c1csc(-c2ccsc2)n1. The quantitative estimate of drug-likeness (QED) is 0.613. The number of nitrogens with zero attached hydrogens (tertiary/aromatic N) is 2. The van der Waals surface area contributed by atoms with E-state index < -0.39 is 5.97 Å². The van der Waals surface area contributed by atoms with Crippen LogP contribution in [0.25, 0.3) is 10.6 Å². The normalized spacial score (nSPS) is 10.5. The van der Waals surface area contributed by atoms with E-state index in [1.54, 1.807) is 35.1 Å². The number of esters is 1. The monoisotopic (exact) mass is 378 g/mol. The smallest absolute Gasteiger partial charge is 0.358 e. The molecule has 1 amide bonds. The molecule has 0 fully saturated rings. The van der Waals surface area contributed by atoms with Crippen LogP contribution in [0.15, 0.2) is 39.0 Å². The number of aromatic nitrogens is 1. The molecule has 0 saturated heterocycles. The minimum atomic E-state index is -0.579. The zero-order chi connectivity index (χ0) is 16.9. The van der Waals surface area contributed by atoms with E-state index in [2.05, 4.69) is 4.98 Å². The first kappa shape index (κ1) is 16.8. The number of hydrogen-bond acceptors (Lipinski definition) is 7. The Morgan fingerprint density at radius 3 is 2.67 bits per heavy atom. The fourth-order valence-electron chi connectivity index (χ4n) is 1.94. The van der Waals surface area contributed by atoms with Crippen molar-refractivity contribution in [2.24, 2.45) is 0 Å². The maximum atomic E-state index is 12.0. The largest absolute Gasteiger partial charge is 0.451 e. The molecule has 0 saturated carbocycles. The Morgan fingerprint density at radius 1 is 1.17 bits per heavy atom. The first-order valence-corrected chi connectivity index (χ1v) is 9.80. The fraction of sp³-hybridized carbons (Fsp3) is 0.188. The molecular formula is C16H14N2O3S3. The molecule has 3 aromatic rings. The van der Waals surface area contributed by atoms with Gasteiger partial charge in [-0.05, 0) is 33.8 Å². The molecule has 0 spiro atoms. The van der Waals surface area contributed by atoms with Crippen LogP contribution in [0.1, 0.15) is 16.1 Å². The van der Waals surface area contributed by atoms with E-state index >= 15 is 0 Å². The van der Waals surface area contributed by atoms with Crippen molar-refractivity contribution < 1.29 is 14.3 Å². The molecule has 24 heavy (non-hydrogen) atoms. The molecule has 124 valence electrons. The Balaban J connectivity index is 1.52. The van der Waals surface area contributed by atoms with Crippen molar-refractivity contribution >= 4 is 45.9 Å². The number of thiazole rings is 1. The maximum absolute atomic E-state index is 12.0. The summed E-state index contributed by atoms with van der Waals surface area (Å²) in [7, 11) is 1.69. The Bertz CT molecular complexity index is 810. The number of thiophene rings is 2. The molecular weight excluding hydrogens is 364 g/mol. The van der Waals surface area contributed by atoms with E-state index in [1.807, 2.05) is 33.7 Å². The van der Waals surface area contributed by atoms with Gasteiger partial charge in [0.1, 0.15) is 5.01 Å². The second-order valence-electron chi connectivity index (χ2n) is 5.01. The Morgan fingerprint density at radius 2 is 1.96 bits per heavy atom. The Labute approximate surface area is 151 Å². The van der Waals surface area contributed by atoms with Crippen LogP contribution in [-0.2, 0) is 16.1 Å². The highest BCUT2D eigenvalue weighted by atomic mass is 32.1. The van der Waals surface area contributed by atoms with E-state index in [9.17, 15) is 9.59 Å². The molecule has 0 aliphatic heterocycles. The van der Waals surface area contributed by atoms with Crippen molar-refractivity contribution in [3.05, 3.63) is 50.3 Å². The highest BCUT2D eigenvalue weighted by Gasteiger charge is 2.17. The van der Waals surface area contributed by atoms with Gasteiger partial charge in [0.05, 0.1) is 0 Å². The van der Waals surface area contributed by atoms with E-state index in [4.69, 9.17) is 4.74 Å². The summed E-state index contributed by atoms with van der Waals surface area (Å²) in [5, 5.41) is 10.3. The molecule has 0 aromatic carbocycles. The van der Waals surface area contributed by atoms with Gasteiger partial charge < -0.3 is 9.64 Å². The summed E-state index contributed by atoms with van der Waals surface area (Å²) in [5.74, 6) is -0.826. The molecule has 3 rings (SSSR count). The molecule has 3 aromatic heterocycles. The zero-order valence-electron chi connectivity index (χ0n) is 12.8. The molecule has 3 heterocycles. The van der Waals surface area contributed by atoms with Gasteiger partial charge in [-0.25, -0.2) is 9.78 Å². The van der Waals surface area contributed by atoms with Crippen molar-refractivity contribution in [1.82, 2.24) is 9.88 Å². The predicted octanol–water partition coefficient (Wildman–Crippen LogP) is 3.75. The van der Waals surface area contributed by atoms with Gasteiger partial charge in [0.2, 0.25) is 0 Å². The van der Waals surface area contributed by atoms with Crippen LogP contribution in [0.4, 0.5) is 0 Å². The minimum absolute atomic E-state index is 0.231. The van der Waals surface area contributed by atoms with Crippen LogP contribution >= 0.6 is 34.0 Å². The Hall–Kier alpha value is -2.03. The maximum Gasteiger partial charge on any atom is 0.358 e. The molecule has 0 atom stereocenters. The van der Waals surface area contributed by atoms with Crippen LogP contribution in [0, 0.1) is 0 Å². The van der Waals surface area contributed by atoms with Crippen LogP contribution in [-0.4, -0.2) is 35.4 Å². The average molecular weight is 378 g/mol. The van der Waals surface area contributed by atoms with E-state index in [0.29, 0.717) is 6.54 Å². The van der Waals surface area contributed by atoms with Crippen molar-refractivity contribution in [3.63, 3.8) is 0 Å². The minimum Gasteiger partial charge on any atom is -0.451 e. The number of hydrogen-bond donors (Lipinski definition) is 0. The summed E-state index contributed by atoms with van der Waals surface area (Å²) < 4.78 is 5.08. The number of carbonyl (C=O) groups is 2. The summed E-state index contributed by atoms with van der Waals surface area (Å²) in [6, 6.07) is 3.91. The van der Waals surface area contributed by atoms with Gasteiger partial charge >= 0.3 is 5.97 Å². The van der Waals surface area contributed by atoms with Crippen molar-refractivity contribution in [1.29, 1.82) is 0 Å². The second-order valence-corrected chi connectivity index (χ2v) is 7.43. The summed E-state index contributed by atoms with van der Waals surface area (Å²) >= 11 is 4.53. The molecule has 0 aliphatic carbocycles. The number of carbonyl (C=O) groups excluding carboxylic acids is 2. The van der Waals surface area contributed by atoms with E-state index in [1.165, 1.54) is 16.2 Å². The lowest BCUT2D eigenvalue weighted by Gasteiger charge is -2.16. The lowest BCUT2D eigenvalue weighted by atomic mass is 10.3. The number of rotatable bonds is 6. The number of ether oxygens (including phenoxy) is 1. The highest BCUT2D eigenvalue weighted by Crippen LogP contribution is 2.25. The van der Waals surface area contributed by atoms with Gasteiger partial charge in [-0.3, -0.25) is 4.79 Å². The molecule has 5 nitrogen and oxygen atoms in total. The molecule has 0 unspecified atom stereocenters. The third kappa shape index (κ3) is 4.08. The van der Waals surface area contributed by atoms with Crippen LogP contribution < -0.4 is 0 Å². The van der Waals surface area contributed by atoms with Gasteiger partial charge in [0, 0.05) is 29.9 Å². The second kappa shape index (κ2) is 7.69. The lowest BCUT2D eigenvalue weighted by Crippen LogP contribution is -2.30. The number of amides is 1. The predicted molar refractivity (Wildman–Crippen MR) is 96.5 cm³/mol. The summed E-state index contributed by atoms with van der Waals surface area (Å²) in [6.07, 6.45) is 0. The van der Waals surface area contributed by atoms with Gasteiger partial charge in [-0.1, -0.05) is 0 Å². The standard InChI is InChI=1S/C16H14N2O3S3/c1-18(6-11-2-4-22-8-11)14(19)7-21-16(20)13-10-24-15(17-13)12-3-5-23-9-12/h2-5,8-10H,6-7H2,1H3. The van der Waals surface area contributed by atoms with E-state index in [-0.39, 0.29) is 18.2 Å². The fourth-order valence-corrected chi connectivity index (χ4v) is 4.10. The summed E-state index contributed by atoms with van der Waals surface area (Å²) in [6.45, 7) is 0.212. The third-order valence-electron chi connectivity index (χ3n) is 3.23. The topological polar surface area (TPSA) is 59.5 Å². The molecule has 0 N–H and O–H groups in total. The first-order chi connectivity index (χ1) is 11.6. The van der Waals surface area contributed by atoms with Gasteiger partial charge in [-0.15, -0.1) is 11.3 Å². The highest BCUT2D eigenvalue weighted by molar-refractivity contribution is 7.14. The number of likely N-dealkylation sites (N-methyl/N-ethyl adjacent to an activating group) is 1. The van der Waals surface area contributed by atoms with Crippen LogP contribution in [0.5, 0.6) is 0 Å². The average Bonchev–Trinajstić information content (AvgIpc) is 3.32. The Kier molecular flexibility index (Phi) is 5.39. The van der Waals surface area contributed by atoms with Gasteiger partial charge in [0.15, 0.2) is 12.3 Å². The third-order valence-corrected chi connectivity index (χ3v) is 5.54. The van der Waals surface area contributed by atoms with Gasteiger partial charge in [-0.2, -0.15) is 22.7 Å². The van der Waals surface area contributed by atoms with Crippen LogP contribution in [0.2, 0.25) is 0 Å². The van der Waals surface area contributed by atoms with Crippen molar-refractivity contribution in [2.75, 3.05) is 13.7 Å². The molecule has 0 aliphatic rings. The lowest BCUT2D eigenvalue weighted by molar-refractivity contribution is -0.133.